The van der Waals surface area contributed by atoms with Crippen LogP contribution < -0.4 is 4.90 Å². The van der Waals surface area contributed by atoms with Gasteiger partial charge in [0, 0.05) is 44.9 Å². The molecule has 2 aliphatic rings. The van der Waals surface area contributed by atoms with Crippen LogP contribution in [0.1, 0.15) is 31.9 Å². The Morgan fingerprint density at radius 1 is 0.949 bits per heavy atom. The standard InChI is InChI=1S/C28H34N4O6S/c1-6-30(7-2)17-18-32-26(35)25(34)23(24(33)19-13-15-20(16-14-19)39(37,38)29(4)5)28(32)21-11-9-10-12-22(21)31(8-3)27(28)36/h9-16,33H,6-8,17-18H2,1-5H3. The molecule has 0 radical (unpaired) electrons. The van der Waals surface area contributed by atoms with Crippen molar-refractivity contribution in [2.75, 3.05) is 51.7 Å². The van der Waals surface area contributed by atoms with Gasteiger partial charge in [-0.1, -0.05) is 32.0 Å². The number of carbonyl (C=O) groups is 3. The number of amides is 2. The third-order valence-electron chi connectivity index (χ3n) is 7.57. The van der Waals surface area contributed by atoms with Crippen LogP contribution in [0.15, 0.2) is 59.0 Å². The third kappa shape index (κ3) is 4.25. The summed E-state index contributed by atoms with van der Waals surface area (Å²) in [6.07, 6.45) is 0. The molecular weight excluding hydrogens is 520 g/mol. The highest BCUT2D eigenvalue weighted by Gasteiger charge is 2.66. The zero-order chi connectivity index (χ0) is 28.7. The van der Waals surface area contributed by atoms with Gasteiger partial charge in [-0.05, 0) is 50.3 Å². The minimum absolute atomic E-state index is 0.00196. The molecule has 1 saturated heterocycles. The lowest BCUT2D eigenvalue weighted by Crippen LogP contribution is -2.53. The molecule has 0 bridgehead atoms. The molecule has 1 unspecified atom stereocenters. The van der Waals surface area contributed by atoms with Crippen LogP contribution in [0.25, 0.3) is 5.76 Å². The van der Waals surface area contributed by atoms with Gasteiger partial charge < -0.3 is 19.8 Å². The minimum Gasteiger partial charge on any atom is -0.507 e. The van der Waals surface area contributed by atoms with Gasteiger partial charge in [0.25, 0.3) is 17.6 Å². The largest absolute Gasteiger partial charge is 0.507 e. The molecule has 0 aliphatic carbocycles. The summed E-state index contributed by atoms with van der Waals surface area (Å²) in [5.74, 6) is -2.85. The van der Waals surface area contributed by atoms with Gasteiger partial charge in [-0.15, -0.1) is 0 Å². The van der Waals surface area contributed by atoms with Gasteiger partial charge in [0.2, 0.25) is 10.0 Å². The Bertz CT molecular complexity index is 1450. The second-order valence-corrected chi connectivity index (χ2v) is 11.8. The van der Waals surface area contributed by atoms with E-state index < -0.39 is 38.9 Å². The van der Waals surface area contributed by atoms with Crippen LogP contribution in [0, 0.1) is 0 Å². The molecule has 1 fully saturated rings. The Kier molecular flexibility index (Phi) is 7.70. The van der Waals surface area contributed by atoms with E-state index >= 15 is 0 Å². The van der Waals surface area contributed by atoms with E-state index in [1.54, 1.807) is 31.2 Å². The quantitative estimate of drug-likeness (QED) is 0.287. The van der Waals surface area contributed by atoms with E-state index in [9.17, 15) is 27.9 Å². The maximum atomic E-state index is 14.2. The van der Waals surface area contributed by atoms with Crippen molar-refractivity contribution in [3.8, 4) is 0 Å². The summed E-state index contributed by atoms with van der Waals surface area (Å²) in [6.45, 7) is 8.06. The van der Waals surface area contributed by atoms with Crippen LogP contribution >= 0.6 is 0 Å². The topological polar surface area (TPSA) is 119 Å². The second-order valence-electron chi connectivity index (χ2n) is 9.63. The normalized spacial score (nSPS) is 20.6. The smallest absolute Gasteiger partial charge is 0.296 e. The van der Waals surface area contributed by atoms with Crippen molar-refractivity contribution in [2.24, 2.45) is 0 Å². The zero-order valence-corrected chi connectivity index (χ0v) is 23.7. The van der Waals surface area contributed by atoms with E-state index in [0.717, 1.165) is 17.4 Å². The first-order valence-corrected chi connectivity index (χ1v) is 14.4. The van der Waals surface area contributed by atoms with Crippen LogP contribution in [-0.4, -0.2) is 92.0 Å². The molecule has 2 aromatic rings. The van der Waals surface area contributed by atoms with Gasteiger partial charge in [-0.3, -0.25) is 14.4 Å². The summed E-state index contributed by atoms with van der Waals surface area (Å²) in [6, 6.07) is 12.3. The molecule has 10 nitrogen and oxygen atoms in total. The molecule has 2 aromatic carbocycles. The molecule has 39 heavy (non-hydrogen) atoms. The van der Waals surface area contributed by atoms with Gasteiger partial charge in [0.05, 0.1) is 16.2 Å². The Hall–Kier alpha value is -3.54. The molecule has 2 amide bonds. The van der Waals surface area contributed by atoms with Crippen LogP contribution in [0.3, 0.4) is 0 Å². The van der Waals surface area contributed by atoms with Crippen molar-refractivity contribution in [2.45, 2.75) is 31.2 Å². The lowest BCUT2D eigenvalue weighted by atomic mass is 9.82. The molecule has 208 valence electrons. The maximum Gasteiger partial charge on any atom is 0.296 e. The lowest BCUT2D eigenvalue weighted by Gasteiger charge is -2.35. The van der Waals surface area contributed by atoms with Gasteiger partial charge in [-0.2, -0.15) is 0 Å². The summed E-state index contributed by atoms with van der Waals surface area (Å²) in [7, 11) is -0.913. The number of nitrogens with zero attached hydrogens (tertiary/aromatic N) is 4. The Morgan fingerprint density at radius 2 is 1.56 bits per heavy atom. The van der Waals surface area contributed by atoms with Gasteiger partial charge >= 0.3 is 0 Å². The highest BCUT2D eigenvalue weighted by molar-refractivity contribution is 7.89. The van der Waals surface area contributed by atoms with Gasteiger partial charge in [-0.25, -0.2) is 12.7 Å². The molecule has 11 heteroatoms. The van der Waals surface area contributed by atoms with Crippen molar-refractivity contribution in [1.82, 2.24) is 14.1 Å². The number of likely N-dealkylation sites (tertiary alicyclic amines) is 1. The average molecular weight is 555 g/mol. The van der Waals surface area contributed by atoms with Crippen molar-refractivity contribution in [3.05, 3.63) is 65.2 Å². The number of benzene rings is 2. The van der Waals surface area contributed by atoms with Crippen LogP contribution in [0.4, 0.5) is 5.69 Å². The number of hydrogen-bond acceptors (Lipinski definition) is 7. The van der Waals surface area contributed by atoms with Crippen LogP contribution in [0.2, 0.25) is 0 Å². The van der Waals surface area contributed by atoms with Crippen LogP contribution in [0.5, 0.6) is 0 Å². The highest BCUT2D eigenvalue weighted by atomic mass is 32.2. The van der Waals surface area contributed by atoms with Crippen LogP contribution in [-0.2, 0) is 29.9 Å². The SMILES string of the molecule is CCN(CC)CCN1C(=O)C(=O)C(=C(O)c2ccc(S(=O)(=O)N(C)C)cc2)C12C(=O)N(CC)c1ccccc12. The Balaban J connectivity index is 1.96. The summed E-state index contributed by atoms with van der Waals surface area (Å²) in [5, 5.41) is 11.6. The van der Waals surface area contributed by atoms with Crippen molar-refractivity contribution < 1.29 is 27.9 Å². The number of hydrogen-bond donors (Lipinski definition) is 1. The minimum atomic E-state index is -3.73. The zero-order valence-electron chi connectivity index (χ0n) is 22.8. The number of Topliss-reactive ketones (excluding diaryl/α,β-unsaturated/α-hetero) is 1. The second kappa shape index (κ2) is 10.6. The number of likely N-dealkylation sites (N-methyl/N-ethyl adjacent to an activating group) is 2. The molecule has 2 aliphatic heterocycles. The predicted molar refractivity (Wildman–Crippen MR) is 148 cm³/mol. The Morgan fingerprint density at radius 3 is 2.13 bits per heavy atom. The van der Waals surface area contributed by atoms with Gasteiger partial charge in [0.1, 0.15) is 5.76 Å². The summed E-state index contributed by atoms with van der Waals surface area (Å²) in [5.41, 5.74) is -1.02. The number of sulfonamides is 1. The average Bonchev–Trinajstić information content (AvgIpc) is 3.31. The van der Waals surface area contributed by atoms with E-state index in [0.29, 0.717) is 24.3 Å². The fourth-order valence-electron chi connectivity index (χ4n) is 5.40. The van der Waals surface area contributed by atoms with E-state index in [1.165, 1.54) is 48.2 Å². The maximum absolute atomic E-state index is 14.2. The molecule has 4 rings (SSSR count). The first-order chi connectivity index (χ1) is 18.5. The molecule has 1 spiro atoms. The molecule has 2 heterocycles. The fraction of sp³-hybridized carbons (Fsp3) is 0.393. The van der Waals surface area contributed by atoms with E-state index in [1.807, 2.05) is 13.8 Å². The van der Waals surface area contributed by atoms with Crippen molar-refractivity contribution >= 4 is 39.1 Å². The fourth-order valence-corrected chi connectivity index (χ4v) is 6.30. The number of para-hydroxylation sites is 1. The first-order valence-electron chi connectivity index (χ1n) is 12.9. The van der Waals surface area contributed by atoms with Crippen molar-refractivity contribution in [3.63, 3.8) is 0 Å². The monoisotopic (exact) mass is 554 g/mol. The Labute approximate surface area is 229 Å². The number of ketones is 1. The lowest BCUT2D eigenvalue weighted by molar-refractivity contribution is -0.143. The molecule has 1 atom stereocenters. The van der Waals surface area contributed by atoms with Gasteiger partial charge in [0.15, 0.2) is 5.54 Å². The molecule has 0 saturated carbocycles. The molecular formula is C28H34N4O6S. The number of fused-ring (bicyclic) bond motifs is 2. The summed E-state index contributed by atoms with van der Waals surface area (Å²) in [4.78, 5) is 46.4. The summed E-state index contributed by atoms with van der Waals surface area (Å²) >= 11 is 0. The first kappa shape index (κ1) is 28.5. The van der Waals surface area contributed by atoms with E-state index in [4.69, 9.17) is 0 Å². The third-order valence-corrected chi connectivity index (χ3v) is 9.40. The molecule has 1 N–H and O–H groups in total. The summed E-state index contributed by atoms with van der Waals surface area (Å²) < 4.78 is 26.1. The number of carbonyl (C=O) groups excluding carboxylic acids is 3. The van der Waals surface area contributed by atoms with Crippen molar-refractivity contribution in [1.29, 1.82) is 0 Å². The van der Waals surface area contributed by atoms with E-state index in [-0.39, 0.29) is 22.6 Å². The number of aliphatic hydroxyl groups excluding tert-OH is 1. The predicted octanol–water partition coefficient (Wildman–Crippen LogP) is 2.22. The molecule has 0 aromatic heterocycles. The number of aliphatic hydroxyl groups is 1. The number of rotatable bonds is 9. The highest BCUT2D eigenvalue weighted by Crippen LogP contribution is 2.53. The number of anilines is 1. The van der Waals surface area contributed by atoms with E-state index in [2.05, 4.69) is 4.90 Å².